The Morgan fingerprint density at radius 3 is 2.89 bits per heavy atom. The summed E-state index contributed by atoms with van der Waals surface area (Å²) >= 11 is 0. The number of hydrogen-bond acceptors (Lipinski definition) is 4. The Kier molecular flexibility index (Phi) is 4.29. The van der Waals surface area contributed by atoms with Gasteiger partial charge in [-0.1, -0.05) is 6.92 Å². The molecule has 0 radical (unpaired) electrons. The van der Waals surface area contributed by atoms with Crippen molar-refractivity contribution in [2.75, 3.05) is 6.61 Å². The van der Waals surface area contributed by atoms with Crippen molar-refractivity contribution in [2.45, 2.75) is 32.4 Å². The first-order chi connectivity index (χ1) is 9.18. The van der Waals surface area contributed by atoms with Crippen LogP contribution < -0.4 is 5.32 Å². The number of nitrogens with zero attached hydrogens (tertiary/aromatic N) is 2. The molecule has 2 aromatic heterocycles. The van der Waals surface area contributed by atoms with Gasteiger partial charge in [-0.2, -0.15) is 5.10 Å². The van der Waals surface area contributed by atoms with Crippen LogP contribution in [-0.4, -0.2) is 32.4 Å². The first-order valence-electron chi connectivity index (χ1n) is 6.47. The van der Waals surface area contributed by atoms with Crippen LogP contribution in [0.4, 0.5) is 0 Å². The summed E-state index contributed by atoms with van der Waals surface area (Å²) in [4.78, 5) is 4.11. The van der Waals surface area contributed by atoms with Crippen molar-refractivity contribution in [1.29, 1.82) is 0 Å². The maximum absolute atomic E-state index is 9.40. The van der Waals surface area contributed by atoms with Gasteiger partial charge in [0, 0.05) is 35.6 Å². The normalized spacial score (nSPS) is 14.3. The summed E-state index contributed by atoms with van der Waals surface area (Å²) < 4.78 is 0. The van der Waals surface area contributed by atoms with Gasteiger partial charge in [-0.3, -0.25) is 10.1 Å². The van der Waals surface area contributed by atoms with Crippen molar-refractivity contribution >= 4 is 0 Å². The molecule has 0 amide bonds. The molecule has 0 spiro atoms. The van der Waals surface area contributed by atoms with Crippen LogP contribution in [0.15, 0.2) is 30.7 Å². The molecule has 0 saturated heterocycles. The molecule has 0 aliphatic heterocycles. The molecule has 2 rings (SSSR count). The van der Waals surface area contributed by atoms with E-state index in [0.29, 0.717) is 6.54 Å². The Morgan fingerprint density at radius 1 is 1.42 bits per heavy atom. The minimum atomic E-state index is -0.260. The fourth-order valence-corrected chi connectivity index (χ4v) is 1.81. The average Bonchev–Trinajstić information content (AvgIpc) is 2.94. The van der Waals surface area contributed by atoms with Gasteiger partial charge in [0.1, 0.15) is 0 Å². The highest BCUT2D eigenvalue weighted by Gasteiger charge is 2.20. The monoisotopic (exact) mass is 260 g/mol. The quantitative estimate of drug-likeness (QED) is 0.739. The number of pyridine rings is 1. The van der Waals surface area contributed by atoms with Gasteiger partial charge in [-0.25, -0.2) is 0 Å². The largest absolute Gasteiger partial charge is 0.394 e. The third-order valence-corrected chi connectivity index (χ3v) is 3.50. The molecular weight excluding hydrogens is 240 g/mol. The minimum Gasteiger partial charge on any atom is -0.394 e. The molecule has 1 unspecified atom stereocenters. The van der Waals surface area contributed by atoms with Crippen LogP contribution in [0.2, 0.25) is 0 Å². The molecule has 0 bridgehead atoms. The highest BCUT2D eigenvalue weighted by molar-refractivity contribution is 5.61. The Bertz CT molecular complexity index is 505. The van der Waals surface area contributed by atoms with Gasteiger partial charge in [0.15, 0.2) is 0 Å². The highest BCUT2D eigenvalue weighted by Crippen LogP contribution is 2.20. The second-order valence-corrected chi connectivity index (χ2v) is 4.94. The van der Waals surface area contributed by atoms with E-state index in [1.165, 1.54) is 0 Å². The number of rotatable bonds is 6. The van der Waals surface area contributed by atoms with Crippen molar-refractivity contribution in [3.05, 3.63) is 36.3 Å². The lowest BCUT2D eigenvalue weighted by Gasteiger charge is -2.27. The minimum absolute atomic E-state index is 0.115. The molecule has 0 aromatic carbocycles. The summed E-state index contributed by atoms with van der Waals surface area (Å²) in [6.07, 6.45) is 6.23. The van der Waals surface area contributed by atoms with Gasteiger partial charge in [0.05, 0.1) is 18.5 Å². The molecule has 0 aliphatic rings. The van der Waals surface area contributed by atoms with Crippen LogP contribution in [0.5, 0.6) is 0 Å². The number of hydrogen-bond donors (Lipinski definition) is 3. The number of aromatic amines is 1. The lowest BCUT2D eigenvalue weighted by Crippen LogP contribution is -2.44. The van der Waals surface area contributed by atoms with E-state index in [2.05, 4.69) is 27.4 Å². The molecule has 19 heavy (non-hydrogen) atoms. The zero-order chi connectivity index (χ0) is 13.7. The van der Waals surface area contributed by atoms with E-state index < -0.39 is 0 Å². The van der Waals surface area contributed by atoms with Gasteiger partial charge >= 0.3 is 0 Å². The van der Waals surface area contributed by atoms with Crippen LogP contribution in [0.3, 0.4) is 0 Å². The maximum Gasteiger partial charge on any atom is 0.0710 e. The van der Waals surface area contributed by atoms with Crippen LogP contribution in [0.25, 0.3) is 11.3 Å². The zero-order valence-electron chi connectivity index (χ0n) is 11.3. The van der Waals surface area contributed by atoms with Crippen molar-refractivity contribution in [2.24, 2.45) is 0 Å². The second kappa shape index (κ2) is 5.95. The van der Waals surface area contributed by atoms with Crippen molar-refractivity contribution in [1.82, 2.24) is 20.5 Å². The number of nitrogens with one attached hydrogen (secondary N) is 2. The zero-order valence-corrected chi connectivity index (χ0v) is 11.3. The molecule has 1 atom stereocenters. The maximum atomic E-state index is 9.40. The van der Waals surface area contributed by atoms with Crippen molar-refractivity contribution < 1.29 is 5.11 Å². The fraction of sp³-hybridized carbons (Fsp3) is 0.429. The molecule has 5 heteroatoms. The summed E-state index contributed by atoms with van der Waals surface area (Å²) in [5.41, 5.74) is 2.79. The molecular formula is C14H20N4O. The van der Waals surface area contributed by atoms with Gasteiger partial charge in [-0.15, -0.1) is 0 Å². The summed E-state index contributed by atoms with van der Waals surface area (Å²) in [6, 6.07) is 3.90. The Morgan fingerprint density at radius 2 is 2.26 bits per heavy atom. The average molecular weight is 260 g/mol. The lowest BCUT2D eigenvalue weighted by molar-refractivity contribution is 0.169. The van der Waals surface area contributed by atoms with E-state index in [1.807, 2.05) is 31.5 Å². The fourth-order valence-electron chi connectivity index (χ4n) is 1.81. The van der Waals surface area contributed by atoms with Gasteiger partial charge in [0.25, 0.3) is 0 Å². The smallest absolute Gasteiger partial charge is 0.0710 e. The van der Waals surface area contributed by atoms with Crippen LogP contribution in [-0.2, 0) is 6.54 Å². The number of aliphatic hydroxyl groups is 1. The predicted octanol–water partition coefficient (Wildman–Crippen LogP) is 1.72. The van der Waals surface area contributed by atoms with Crippen molar-refractivity contribution in [3.8, 4) is 11.3 Å². The second-order valence-electron chi connectivity index (χ2n) is 4.94. The molecule has 0 aliphatic carbocycles. The van der Waals surface area contributed by atoms with Crippen LogP contribution in [0.1, 0.15) is 25.8 Å². The van der Waals surface area contributed by atoms with Gasteiger partial charge in [-0.05, 0) is 25.5 Å². The first kappa shape index (κ1) is 13.7. The Labute approximate surface area is 113 Å². The van der Waals surface area contributed by atoms with E-state index >= 15 is 0 Å². The molecule has 2 aromatic rings. The molecule has 5 nitrogen and oxygen atoms in total. The predicted molar refractivity (Wildman–Crippen MR) is 74.4 cm³/mol. The molecule has 0 saturated carbocycles. The van der Waals surface area contributed by atoms with Gasteiger partial charge < -0.3 is 10.4 Å². The molecule has 3 N–H and O–H groups in total. The van der Waals surface area contributed by atoms with Gasteiger partial charge in [0.2, 0.25) is 0 Å². The summed E-state index contributed by atoms with van der Waals surface area (Å²) in [5, 5.41) is 19.9. The molecule has 102 valence electrons. The number of aliphatic hydroxyl groups excluding tert-OH is 1. The molecule has 0 fully saturated rings. The van der Waals surface area contributed by atoms with Crippen LogP contribution in [0, 0.1) is 0 Å². The highest BCUT2D eigenvalue weighted by atomic mass is 16.3. The van der Waals surface area contributed by atoms with E-state index in [0.717, 1.165) is 23.2 Å². The Balaban J connectivity index is 2.13. The van der Waals surface area contributed by atoms with E-state index in [4.69, 9.17) is 0 Å². The summed E-state index contributed by atoms with van der Waals surface area (Å²) in [6.45, 7) is 4.84. The first-order valence-corrected chi connectivity index (χ1v) is 6.47. The third-order valence-electron chi connectivity index (χ3n) is 3.50. The standard InChI is InChI=1S/C14H20N4O/c1-3-14(2,10-19)16-8-12-9-17-18-13(12)11-5-4-6-15-7-11/h4-7,9,16,19H,3,8,10H2,1-2H3,(H,17,18). The molecule has 2 heterocycles. The van der Waals surface area contributed by atoms with Crippen molar-refractivity contribution in [3.63, 3.8) is 0 Å². The third kappa shape index (κ3) is 3.19. The van der Waals surface area contributed by atoms with E-state index in [9.17, 15) is 5.11 Å². The number of H-pyrrole nitrogens is 1. The topological polar surface area (TPSA) is 73.8 Å². The SMILES string of the molecule is CCC(C)(CO)NCc1cn[nH]c1-c1cccnc1. The number of aromatic nitrogens is 3. The Hall–Kier alpha value is -1.72. The summed E-state index contributed by atoms with van der Waals surface area (Å²) in [5.74, 6) is 0. The summed E-state index contributed by atoms with van der Waals surface area (Å²) in [7, 11) is 0. The van der Waals surface area contributed by atoms with Crippen LogP contribution >= 0.6 is 0 Å². The van der Waals surface area contributed by atoms with E-state index in [1.54, 1.807) is 6.20 Å². The lowest BCUT2D eigenvalue weighted by atomic mass is 9.99. The van der Waals surface area contributed by atoms with E-state index in [-0.39, 0.29) is 12.1 Å².